The predicted octanol–water partition coefficient (Wildman–Crippen LogP) is 2.94. The topological polar surface area (TPSA) is 109 Å². The fourth-order valence-electron chi connectivity index (χ4n) is 3.89. The van der Waals surface area contributed by atoms with Crippen molar-refractivity contribution in [2.24, 2.45) is 5.92 Å². The Morgan fingerprint density at radius 3 is 2.32 bits per heavy atom. The van der Waals surface area contributed by atoms with Crippen molar-refractivity contribution in [1.29, 1.82) is 0 Å². The third-order valence-electron chi connectivity index (χ3n) is 5.25. The van der Waals surface area contributed by atoms with Gasteiger partial charge >= 0.3 is 6.09 Å². The molecule has 0 heterocycles. The van der Waals surface area contributed by atoms with Crippen molar-refractivity contribution in [2.75, 3.05) is 0 Å². The van der Waals surface area contributed by atoms with Crippen molar-refractivity contribution in [3.05, 3.63) is 48.2 Å². The third-order valence-corrected chi connectivity index (χ3v) is 5.25. The summed E-state index contributed by atoms with van der Waals surface area (Å²) in [5.74, 6) is 0.456. The van der Waals surface area contributed by atoms with Gasteiger partial charge in [0, 0.05) is 6.42 Å². The maximum atomic E-state index is 12.3. The van der Waals surface area contributed by atoms with E-state index in [2.05, 4.69) is 17.6 Å². The summed E-state index contributed by atoms with van der Waals surface area (Å²) in [5.41, 5.74) is 4.77. The Balaban J connectivity index is 0.00000110. The van der Waals surface area contributed by atoms with Crippen molar-refractivity contribution in [3.8, 4) is 0 Å². The van der Waals surface area contributed by atoms with Crippen molar-refractivity contribution in [3.63, 3.8) is 0 Å². The zero-order valence-corrected chi connectivity index (χ0v) is 19.7. The maximum Gasteiger partial charge on any atom is 0.407 e. The van der Waals surface area contributed by atoms with Crippen molar-refractivity contribution >= 4 is 6.09 Å². The lowest BCUT2D eigenvalue weighted by Gasteiger charge is -2.32. The second kappa shape index (κ2) is 13.4. The second-order valence-electron chi connectivity index (χ2n) is 9.63. The first-order valence-corrected chi connectivity index (χ1v) is 11.3. The van der Waals surface area contributed by atoms with Crippen LogP contribution in [0.4, 0.5) is 4.79 Å². The molecule has 0 unspecified atom stereocenters. The lowest BCUT2D eigenvalue weighted by Crippen LogP contribution is -2.71. The summed E-state index contributed by atoms with van der Waals surface area (Å²) < 4.78 is 5.42. The van der Waals surface area contributed by atoms with Gasteiger partial charge in [-0.2, -0.15) is 0 Å². The smallest absolute Gasteiger partial charge is 0.407 e. The first kappa shape index (κ1) is 27.0. The van der Waals surface area contributed by atoms with E-state index in [4.69, 9.17) is 4.74 Å². The monoisotopic (exact) mass is 434 g/mol. The Hall–Kier alpha value is -2.05. The number of carbonyl (C=O) groups excluding carboxylic acids is 1. The molecule has 1 aromatic rings. The van der Waals surface area contributed by atoms with Crippen LogP contribution in [0.1, 0.15) is 71.8 Å². The quantitative estimate of drug-likeness (QED) is 0.573. The summed E-state index contributed by atoms with van der Waals surface area (Å²) in [6.07, 6.45) is 6.37. The fourth-order valence-corrected chi connectivity index (χ4v) is 3.89. The van der Waals surface area contributed by atoms with Crippen LogP contribution in [0.2, 0.25) is 0 Å². The predicted molar refractivity (Wildman–Crippen MR) is 122 cm³/mol. The number of rotatable bonds is 7. The SMILES string of the molecule is C=C(C)[O-].CC(C)(C)OC(=O)N[C@H](CC1CCCCC1)[C@@H](O)[C@H]([NH3+])Cc1ccccc1. The van der Waals surface area contributed by atoms with Crippen LogP contribution in [0.25, 0.3) is 0 Å². The van der Waals surface area contributed by atoms with E-state index >= 15 is 0 Å². The molecule has 5 N–H and O–H groups in total. The van der Waals surface area contributed by atoms with Gasteiger partial charge in [-0.05, 0) is 38.7 Å². The number of alkyl carbamates (subject to hydrolysis) is 1. The molecule has 176 valence electrons. The Morgan fingerprint density at radius 2 is 1.81 bits per heavy atom. The molecule has 1 aromatic carbocycles. The molecule has 31 heavy (non-hydrogen) atoms. The number of amides is 1. The molecule has 1 aliphatic carbocycles. The normalized spacial score (nSPS) is 17.5. The van der Waals surface area contributed by atoms with E-state index in [1.54, 1.807) is 0 Å². The molecular formula is C25H42N2O4. The van der Waals surface area contributed by atoms with Gasteiger partial charge in [0.15, 0.2) is 0 Å². The lowest BCUT2D eigenvalue weighted by atomic mass is 9.82. The van der Waals surface area contributed by atoms with Gasteiger partial charge in [0.25, 0.3) is 0 Å². The van der Waals surface area contributed by atoms with Gasteiger partial charge in [-0.25, -0.2) is 4.79 Å². The standard InChI is InChI=1S/C22H36N2O3.C3H6O/c1-22(2,3)27-21(26)24-19(15-17-12-8-5-9-13-17)20(25)18(23)14-16-10-6-4-7-11-16;1-3(2)4/h4,6-7,10-11,17-20,25H,5,8-9,12-15,23H2,1-3H3,(H,24,26);4H,1H2,2H3/t18-,19-,20+;/m1./s1. The van der Waals surface area contributed by atoms with Gasteiger partial charge in [0.2, 0.25) is 0 Å². The van der Waals surface area contributed by atoms with Crippen molar-refractivity contribution in [1.82, 2.24) is 5.32 Å². The number of quaternary nitrogens is 1. The average Bonchev–Trinajstić information content (AvgIpc) is 2.66. The van der Waals surface area contributed by atoms with Gasteiger partial charge in [-0.15, -0.1) is 12.3 Å². The van der Waals surface area contributed by atoms with E-state index in [1.165, 1.54) is 39.0 Å². The molecular weight excluding hydrogens is 392 g/mol. The zero-order valence-electron chi connectivity index (χ0n) is 19.7. The molecule has 3 atom stereocenters. The summed E-state index contributed by atoms with van der Waals surface area (Å²) in [6, 6.07) is 9.52. The second-order valence-corrected chi connectivity index (χ2v) is 9.63. The molecule has 1 saturated carbocycles. The Morgan fingerprint density at radius 1 is 1.26 bits per heavy atom. The van der Waals surface area contributed by atoms with E-state index in [0.29, 0.717) is 12.3 Å². The minimum atomic E-state index is -0.709. The van der Waals surface area contributed by atoms with Gasteiger partial charge in [0.05, 0.1) is 6.04 Å². The highest BCUT2D eigenvalue weighted by Crippen LogP contribution is 2.28. The zero-order chi connectivity index (χ0) is 23.4. The number of hydrogen-bond donors (Lipinski definition) is 3. The number of benzene rings is 1. The average molecular weight is 435 g/mol. The van der Waals surface area contributed by atoms with E-state index in [9.17, 15) is 15.0 Å². The Labute approximate surface area is 187 Å². The number of carbonyl (C=O) groups is 1. The number of ether oxygens (including phenoxy) is 1. The third kappa shape index (κ3) is 12.4. The van der Waals surface area contributed by atoms with Crippen molar-refractivity contribution < 1.29 is 25.5 Å². The number of aliphatic hydroxyl groups is 1. The molecule has 0 saturated heterocycles. The van der Waals surface area contributed by atoms with E-state index in [1.807, 2.05) is 51.1 Å². The van der Waals surface area contributed by atoms with Crippen LogP contribution in [-0.4, -0.2) is 35.0 Å². The molecule has 6 nitrogen and oxygen atoms in total. The van der Waals surface area contributed by atoms with Gasteiger partial charge < -0.3 is 26.0 Å². The van der Waals surface area contributed by atoms with Gasteiger partial charge in [-0.3, -0.25) is 0 Å². The molecule has 0 aromatic heterocycles. The minimum Gasteiger partial charge on any atom is -0.876 e. The first-order valence-electron chi connectivity index (χ1n) is 11.3. The largest absolute Gasteiger partial charge is 0.876 e. The van der Waals surface area contributed by atoms with Crippen LogP contribution in [0.5, 0.6) is 0 Å². The molecule has 0 aliphatic heterocycles. The van der Waals surface area contributed by atoms with Crippen molar-refractivity contribution in [2.45, 2.75) is 96.4 Å². The highest BCUT2D eigenvalue weighted by atomic mass is 16.6. The number of aliphatic hydroxyl groups excluding tert-OH is 1. The highest BCUT2D eigenvalue weighted by Gasteiger charge is 2.33. The Kier molecular flexibility index (Phi) is 11.6. The molecule has 1 aliphatic rings. The van der Waals surface area contributed by atoms with Crippen LogP contribution in [0.3, 0.4) is 0 Å². The first-order chi connectivity index (χ1) is 14.5. The minimum absolute atomic E-state index is 0.0833. The number of allylic oxidation sites excluding steroid dienone is 1. The molecule has 2 rings (SSSR count). The number of hydrogen-bond acceptors (Lipinski definition) is 4. The van der Waals surface area contributed by atoms with Gasteiger partial charge in [-0.1, -0.05) is 69.4 Å². The molecule has 0 bridgehead atoms. The van der Waals surface area contributed by atoms with Crippen LogP contribution >= 0.6 is 0 Å². The summed E-state index contributed by atoms with van der Waals surface area (Å²) in [7, 11) is 0. The fraction of sp³-hybridized carbons (Fsp3) is 0.640. The van der Waals surface area contributed by atoms with E-state index in [-0.39, 0.29) is 17.8 Å². The maximum absolute atomic E-state index is 12.3. The van der Waals surface area contributed by atoms with Gasteiger partial charge in [0.1, 0.15) is 17.7 Å². The summed E-state index contributed by atoms with van der Waals surface area (Å²) >= 11 is 0. The Bertz CT molecular complexity index is 647. The molecule has 6 heteroatoms. The van der Waals surface area contributed by atoms with Crippen LogP contribution < -0.4 is 16.2 Å². The summed E-state index contributed by atoms with van der Waals surface area (Å²) in [4.78, 5) is 12.3. The summed E-state index contributed by atoms with van der Waals surface area (Å²) in [6.45, 7) is 9.95. The molecule has 0 radical (unpaired) electrons. The molecule has 1 amide bonds. The van der Waals surface area contributed by atoms with E-state index < -0.39 is 17.8 Å². The molecule has 0 spiro atoms. The molecule has 1 fully saturated rings. The van der Waals surface area contributed by atoms with Crippen LogP contribution in [0.15, 0.2) is 42.7 Å². The van der Waals surface area contributed by atoms with E-state index in [0.717, 1.165) is 12.0 Å². The summed E-state index contributed by atoms with van der Waals surface area (Å²) in [5, 5.41) is 23.3. The van der Waals surface area contributed by atoms with Crippen LogP contribution in [0, 0.1) is 5.92 Å². The highest BCUT2D eigenvalue weighted by molar-refractivity contribution is 5.68. The number of nitrogens with one attached hydrogen (secondary N) is 1. The lowest BCUT2D eigenvalue weighted by molar-refractivity contribution is -0.438. The van der Waals surface area contributed by atoms with Crippen LogP contribution in [-0.2, 0) is 11.2 Å².